The summed E-state index contributed by atoms with van der Waals surface area (Å²) < 4.78 is 31.7. The Bertz CT molecular complexity index is 613. The zero-order valence-corrected chi connectivity index (χ0v) is 11.8. The van der Waals surface area contributed by atoms with E-state index in [1.54, 1.807) is 0 Å². The van der Waals surface area contributed by atoms with E-state index in [4.69, 9.17) is 9.66 Å². The molecule has 0 saturated heterocycles. The Hall–Kier alpha value is -2.33. The molecular formula is C11H15N3O6S. The molecule has 0 bridgehead atoms. The van der Waals surface area contributed by atoms with Crippen LogP contribution in [0.15, 0.2) is 24.3 Å². The number of likely N-dealkylation sites (N-methyl/N-ethyl adjacent to an activating group) is 1. The van der Waals surface area contributed by atoms with Gasteiger partial charge in [0.05, 0.1) is 5.69 Å². The van der Waals surface area contributed by atoms with Gasteiger partial charge in [0.1, 0.15) is 6.04 Å². The molecule has 0 radical (unpaired) electrons. The molecule has 1 aromatic carbocycles. The van der Waals surface area contributed by atoms with E-state index < -0.39 is 28.3 Å². The van der Waals surface area contributed by atoms with Crippen molar-refractivity contribution < 1.29 is 27.7 Å². The van der Waals surface area contributed by atoms with Crippen molar-refractivity contribution >= 4 is 28.0 Å². The molecule has 5 N–H and O–H groups in total. The molecule has 21 heavy (non-hydrogen) atoms. The van der Waals surface area contributed by atoms with E-state index in [2.05, 4.69) is 10.6 Å². The van der Waals surface area contributed by atoms with Crippen LogP contribution in [0.5, 0.6) is 0 Å². The molecule has 0 aromatic heterocycles. The Morgan fingerprint density at radius 2 is 1.81 bits per heavy atom. The number of carbonyl (C=O) groups is 2. The maximum Gasteiger partial charge on any atom is 0.405 e. The highest BCUT2D eigenvalue weighted by Crippen LogP contribution is 2.12. The van der Waals surface area contributed by atoms with E-state index in [9.17, 15) is 18.0 Å². The van der Waals surface area contributed by atoms with Gasteiger partial charge in [-0.2, -0.15) is 8.42 Å². The van der Waals surface area contributed by atoms with Gasteiger partial charge in [-0.05, 0) is 17.7 Å². The molecule has 9 nitrogen and oxygen atoms in total. The number of nitrogens with one attached hydrogen (secondary N) is 3. The second-order valence-electron chi connectivity index (χ2n) is 4.09. The van der Waals surface area contributed by atoms with Crippen molar-refractivity contribution in [3.8, 4) is 0 Å². The molecule has 1 atom stereocenters. The van der Waals surface area contributed by atoms with E-state index in [0.717, 1.165) is 0 Å². The maximum atomic E-state index is 11.5. The Morgan fingerprint density at radius 3 is 2.24 bits per heavy atom. The molecule has 2 amide bonds. The molecular weight excluding hydrogens is 302 g/mol. The Morgan fingerprint density at radius 1 is 1.24 bits per heavy atom. The number of carboxylic acid groups (broad SMARTS) is 1. The van der Waals surface area contributed by atoms with E-state index in [-0.39, 0.29) is 12.1 Å². The van der Waals surface area contributed by atoms with Crippen molar-refractivity contribution in [3.05, 3.63) is 29.8 Å². The topological polar surface area (TPSA) is 145 Å². The number of benzene rings is 1. The Balaban J connectivity index is 2.80. The third kappa shape index (κ3) is 6.10. The first-order chi connectivity index (χ1) is 9.71. The largest absolute Gasteiger partial charge is 0.465 e. The van der Waals surface area contributed by atoms with Crippen LogP contribution < -0.4 is 15.4 Å². The van der Waals surface area contributed by atoms with Gasteiger partial charge in [-0.3, -0.25) is 14.1 Å². The van der Waals surface area contributed by atoms with Gasteiger partial charge in [0.2, 0.25) is 5.91 Å². The Labute approximate surface area is 121 Å². The van der Waals surface area contributed by atoms with Crippen LogP contribution >= 0.6 is 0 Å². The minimum atomic E-state index is -4.35. The number of hydrogen-bond donors (Lipinski definition) is 5. The summed E-state index contributed by atoms with van der Waals surface area (Å²) in [6.07, 6.45) is -1.23. The summed E-state index contributed by atoms with van der Waals surface area (Å²) in [5.41, 5.74) is 0.752. The fourth-order valence-electron chi connectivity index (χ4n) is 1.63. The highest BCUT2D eigenvalue weighted by molar-refractivity contribution is 7.87. The first kappa shape index (κ1) is 16.7. The predicted octanol–water partition coefficient (Wildman–Crippen LogP) is -0.174. The first-order valence-electron chi connectivity index (χ1n) is 5.76. The van der Waals surface area contributed by atoms with E-state index in [1.165, 1.54) is 31.3 Å². The third-order valence-corrected chi connectivity index (χ3v) is 2.99. The summed E-state index contributed by atoms with van der Waals surface area (Å²) in [4.78, 5) is 22.2. The lowest BCUT2D eigenvalue weighted by Gasteiger charge is -2.15. The molecule has 1 unspecified atom stereocenters. The van der Waals surface area contributed by atoms with Crippen molar-refractivity contribution in [1.82, 2.24) is 10.6 Å². The van der Waals surface area contributed by atoms with Crippen molar-refractivity contribution in [3.63, 3.8) is 0 Å². The van der Waals surface area contributed by atoms with E-state index in [0.29, 0.717) is 5.56 Å². The molecule has 0 aliphatic rings. The molecule has 1 aromatic rings. The SMILES string of the molecule is CNC(=O)C(Cc1ccc(NS(=O)(=O)O)cc1)NC(=O)O. The summed E-state index contributed by atoms with van der Waals surface area (Å²) in [6.45, 7) is 0. The summed E-state index contributed by atoms with van der Waals surface area (Å²) in [6, 6.07) is 4.81. The van der Waals surface area contributed by atoms with Gasteiger partial charge in [0.15, 0.2) is 0 Å². The Kier molecular flexibility index (Phi) is 5.50. The standard InChI is InChI=1S/C11H15N3O6S/c1-12-10(15)9(13-11(16)17)6-7-2-4-8(5-3-7)14-21(18,19)20/h2-5,9,13-14H,6H2,1H3,(H,12,15)(H,16,17)(H,18,19,20). The van der Waals surface area contributed by atoms with E-state index >= 15 is 0 Å². The molecule has 0 saturated carbocycles. The lowest BCUT2D eigenvalue weighted by atomic mass is 10.1. The van der Waals surface area contributed by atoms with Crippen LogP contribution in [0.25, 0.3) is 0 Å². The minimum absolute atomic E-state index is 0.0954. The lowest BCUT2D eigenvalue weighted by Crippen LogP contribution is -2.46. The van der Waals surface area contributed by atoms with Crippen LogP contribution in [-0.4, -0.2) is 43.2 Å². The summed E-state index contributed by atoms with van der Waals surface area (Å²) in [7, 11) is -2.96. The lowest BCUT2D eigenvalue weighted by molar-refractivity contribution is -0.122. The van der Waals surface area contributed by atoms with Crippen molar-refractivity contribution in [2.24, 2.45) is 0 Å². The number of rotatable bonds is 6. The van der Waals surface area contributed by atoms with Gasteiger partial charge in [-0.25, -0.2) is 4.79 Å². The monoisotopic (exact) mass is 317 g/mol. The number of anilines is 1. The number of carbonyl (C=O) groups excluding carboxylic acids is 1. The van der Waals surface area contributed by atoms with Gasteiger partial charge < -0.3 is 15.7 Å². The van der Waals surface area contributed by atoms with Crippen molar-refractivity contribution in [2.45, 2.75) is 12.5 Å². The molecule has 1 rings (SSSR count). The molecule has 0 fully saturated rings. The fourth-order valence-corrected chi connectivity index (χ4v) is 2.06. The zero-order valence-electron chi connectivity index (χ0n) is 11.0. The van der Waals surface area contributed by atoms with Gasteiger partial charge in [-0.15, -0.1) is 0 Å². The first-order valence-corrected chi connectivity index (χ1v) is 7.20. The average molecular weight is 317 g/mol. The van der Waals surface area contributed by atoms with Crippen molar-refractivity contribution in [1.29, 1.82) is 0 Å². The number of amides is 2. The van der Waals surface area contributed by atoms with Crippen LogP contribution in [0.4, 0.5) is 10.5 Å². The molecule has 0 aliphatic heterocycles. The highest BCUT2D eigenvalue weighted by atomic mass is 32.2. The zero-order chi connectivity index (χ0) is 16.0. The molecule has 0 aliphatic carbocycles. The summed E-state index contributed by atoms with van der Waals surface area (Å²) in [5, 5.41) is 13.1. The predicted molar refractivity (Wildman–Crippen MR) is 74.3 cm³/mol. The van der Waals surface area contributed by atoms with Crippen LogP contribution in [0.3, 0.4) is 0 Å². The van der Waals surface area contributed by atoms with Crippen LogP contribution in [0.1, 0.15) is 5.56 Å². The van der Waals surface area contributed by atoms with Crippen molar-refractivity contribution in [2.75, 3.05) is 11.8 Å². The molecule has 116 valence electrons. The molecule has 0 heterocycles. The second kappa shape index (κ2) is 6.90. The summed E-state index contributed by atoms with van der Waals surface area (Å²) in [5.74, 6) is -0.488. The van der Waals surface area contributed by atoms with Gasteiger partial charge in [-0.1, -0.05) is 12.1 Å². The van der Waals surface area contributed by atoms with Crippen LogP contribution in [0.2, 0.25) is 0 Å². The van der Waals surface area contributed by atoms with Gasteiger partial charge in [0, 0.05) is 13.5 Å². The third-order valence-electron chi connectivity index (χ3n) is 2.50. The number of hydrogen-bond acceptors (Lipinski definition) is 4. The smallest absolute Gasteiger partial charge is 0.405 e. The highest BCUT2D eigenvalue weighted by Gasteiger charge is 2.19. The fraction of sp³-hybridized carbons (Fsp3) is 0.273. The summed E-state index contributed by atoms with van der Waals surface area (Å²) >= 11 is 0. The maximum absolute atomic E-state index is 11.5. The van der Waals surface area contributed by atoms with Crippen LogP contribution in [0, 0.1) is 0 Å². The van der Waals surface area contributed by atoms with Crippen LogP contribution in [-0.2, 0) is 21.5 Å². The van der Waals surface area contributed by atoms with E-state index in [1.807, 2.05) is 4.72 Å². The second-order valence-corrected chi connectivity index (χ2v) is 5.25. The molecule has 0 spiro atoms. The van der Waals surface area contributed by atoms with Gasteiger partial charge in [0.25, 0.3) is 0 Å². The average Bonchev–Trinajstić information content (AvgIpc) is 2.37. The molecule has 10 heteroatoms. The van der Waals surface area contributed by atoms with Gasteiger partial charge >= 0.3 is 16.4 Å². The normalized spacial score (nSPS) is 12.3. The quantitative estimate of drug-likeness (QED) is 0.460. The minimum Gasteiger partial charge on any atom is -0.465 e.